The van der Waals surface area contributed by atoms with Gasteiger partial charge in [0.1, 0.15) is 0 Å². The monoisotopic (exact) mass is 286 g/mol. The molecule has 2 aliphatic heterocycles. The Hall–Kier alpha value is -1.35. The first-order valence-electron chi connectivity index (χ1n) is 8.38. The third-order valence-corrected chi connectivity index (χ3v) is 4.85. The zero-order valence-electron chi connectivity index (χ0n) is 12.8. The molecular weight excluding hydrogens is 260 g/mol. The number of rotatable bonds is 3. The molecule has 0 spiro atoms. The van der Waals surface area contributed by atoms with Crippen molar-refractivity contribution in [2.24, 2.45) is 5.92 Å². The molecule has 0 aromatic heterocycles. The Labute approximate surface area is 127 Å². The Morgan fingerprint density at radius 3 is 2.29 bits per heavy atom. The van der Waals surface area contributed by atoms with Crippen molar-refractivity contribution in [2.45, 2.75) is 38.6 Å². The minimum atomic E-state index is 0.273. The molecule has 3 heteroatoms. The van der Waals surface area contributed by atoms with Gasteiger partial charge in [0.05, 0.1) is 0 Å². The molecule has 2 heterocycles. The van der Waals surface area contributed by atoms with Gasteiger partial charge in [-0.1, -0.05) is 30.3 Å². The molecule has 0 N–H and O–H groups in total. The molecule has 0 bridgehead atoms. The summed E-state index contributed by atoms with van der Waals surface area (Å²) in [5.74, 6) is 0.698. The summed E-state index contributed by atoms with van der Waals surface area (Å²) in [6.45, 7) is 5.11. The largest absolute Gasteiger partial charge is 0.342 e. The Morgan fingerprint density at radius 2 is 1.62 bits per heavy atom. The zero-order chi connectivity index (χ0) is 14.5. The fourth-order valence-corrected chi connectivity index (χ4v) is 3.55. The first-order chi connectivity index (χ1) is 10.3. The standard InChI is InChI=1S/C18H26N2O/c21-18(20-11-5-2-6-12-20)17-9-13-19(14-10-17)15-16-7-3-1-4-8-16/h1,3-4,7-8,17H,2,5-6,9-15H2. The van der Waals surface area contributed by atoms with Gasteiger partial charge >= 0.3 is 0 Å². The molecule has 0 radical (unpaired) electrons. The number of amides is 1. The molecule has 3 rings (SSSR count). The number of piperidine rings is 2. The van der Waals surface area contributed by atoms with Gasteiger partial charge in [-0.2, -0.15) is 0 Å². The summed E-state index contributed by atoms with van der Waals surface area (Å²) in [5, 5.41) is 0. The van der Waals surface area contributed by atoms with Crippen LogP contribution >= 0.6 is 0 Å². The first kappa shape index (κ1) is 14.6. The molecule has 114 valence electrons. The average Bonchev–Trinajstić information content (AvgIpc) is 2.57. The maximum Gasteiger partial charge on any atom is 0.225 e. The van der Waals surface area contributed by atoms with Gasteiger partial charge in [-0.05, 0) is 50.8 Å². The fraction of sp³-hybridized carbons (Fsp3) is 0.611. The number of hydrogen-bond acceptors (Lipinski definition) is 2. The summed E-state index contributed by atoms with van der Waals surface area (Å²) in [7, 11) is 0. The maximum atomic E-state index is 12.5. The van der Waals surface area contributed by atoms with E-state index in [1.807, 2.05) is 0 Å². The molecule has 2 saturated heterocycles. The van der Waals surface area contributed by atoms with E-state index in [0.717, 1.165) is 45.6 Å². The minimum Gasteiger partial charge on any atom is -0.342 e. The Morgan fingerprint density at radius 1 is 0.952 bits per heavy atom. The van der Waals surface area contributed by atoms with Crippen molar-refractivity contribution in [3.05, 3.63) is 35.9 Å². The highest BCUT2D eigenvalue weighted by Gasteiger charge is 2.28. The Bertz CT molecular complexity index is 446. The second kappa shape index (κ2) is 7.08. The van der Waals surface area contributed by atoms with E-state index in [2.05, 4.69) is 40.1 Å². The highest BCUT2D eigenvalue weighted by molar-refractivity contribution is 5.79. The molecule has 1 aromatic rings. The molecule has 1 aromatic carbocycles. The van der Waals surface area contributed by atoms with Crippen molar-refractivity contribution in [1.29, 1.82) is 0 Å². The number of benzene rings is 1. The van der Waals surface area contributed by atoms with Gasteiger partial charge in [0.25, 0.3) is 0 Å². The normalized spacial score (nSPS) is 21.4. The third kappa shape index (κ3) is 3.85. The number of carbonyl (C=O) groups is 1. The van der Waals surface area contributed by atoms with Crippen LogP contribution in [0.4, 0.5) is 0 Å². The van der Waals surface area contributed by atoms with Crippen LogP contribution in [0.25, 0.3) is 0 Å². The maximum absolute atomic E-state index is 12.5. The number of nitrogens with zero attached hydrogens (tertiary/aromatic N) is 2. The number of carbonyl (C=O) groups excluding carboxylic acids is 1. The van der Waals surface area contributed by atoms with Crippen LogP contribution in [0.3, 0.4) is 0 Å². The molecule has 3 nitrogen and oxygen atoms in total. The summed E-state index contributed by atoms with van der Waals surface area (Å²) < 4.78 is 0. The molecule has 0 unspecified atom stereocenters. The first-order valence-corrected chi connectivity index (χ1v) is 8.38. The van der Waals surface area contributed by atoms with Crippen molar-refractivity contribution in [2.75, 3.05) is 26.2 Å². The molecule has 1 amide bonds. The lowest BCUT2D eigenvalue weighted by Gasteiger charge is -2.35. The third-order valence-electron chi connectivity index (χ3n) is 4.85. The summed E-state index contributed by atoms with van der Waals surface area (Å²) in [6, 6.07) is 10.6. The Balaban J connectivity index is 1.47. The van der Waals surface area contributed by atoms with Crippen LogP contribution in [0.15, 0.2) is 30.3 Å². The van der Waals surface area contributed by atoms with Gasteiger partial charge in [0.2, 0.25) is 5.91 Å². The van der Waals surface area contributed by atoms with E-state index in [0.29, 0.717) is 5.91 Å². The van der Waals surface area contributed by atoms with Crippen LogP contribution in [-0.2, 0) is 11.3 Å². The van der Waals surface area contributed by atoms with Crippen LogP contribution in [0, 0.1) is 5.92 Å². The van der Waals surface area contributed by atoms with Crippen molar-refractivity contribution in [3.8, 4) is 0 Å². The van der Waals surface area contributed by atoms with Gasteiger partial charge in [0.15, 0.2) is 0 Å². The van der Waals surface area contributed by atoms with Crippen LogP contribution in [0.2, 0.25) is 0 Å². The van der Waals surface area contributed by atoms with Gasteiger partial charge in [-0.3, -0.25) is 9.69 Å². The van der Waals surface area contributed by atoms with E-state index >= 15 is 0 Å². The predicted octanol–water partition coefficient (Wildman–Crippen LogP) is 2.91. The highest BCUT2D eigenvalue weighted by Crippen LogP contribution is 2.22. The summed E-state index contributed by atoms with van der Waals surface area (Å²) in [6.07, 6.45) is 5.74. The van der Waals surface area contributed by atoms with E-state index in [9.17, 15) is 4.79 Å². The summed E-state index contributed by atoms with van der Waals surface area (Å²) in [5.41, 5.74) is 1.37. The van der Waals surface area contributed by atoms with Crippen molar-refractivity contribution < 1.29 is 4.79 Å². The lowest BCUT2D eigenvalue weighted by molar-refractivity contribution is -0.138. The van der Waals surface area contributed by atoms with Crippen LogP contribution in [0.1, 0.15) is 37.7 Å². The highest BCUT2D eigenvalue weighted by atomic mass is 16.2. The smallest absolute Gasteiger partial charge is 0.225 e. The molecule has 0 atom stereocenters. The van der Waals surface area contributed by atoms with E-state index in [4.69, 9.17) is 0 Å². The minimum absolute atomic E-state index is 0.273. The molecule has 0 aliphatic carbocycles. The molecular formula is C18H26N2O. The van der Waals surface area contributed by atoms with Crippen LogP contribution < -0.4 is 0 Å². The SMILES string of the molecule is O=C(C1CCN(Cc2ccccc2)CC1)N1CCCCC1. The predicted molar refractivity (Wildman–Crippen MR) is 84.9 cm³/mol. The van der Waals surface area contributed by atoms with E-state index < -0.39 is 0 Å². The molecule has 0 saturated carbocycles. The van der Waals surface area contributed by atoms with Gasteiger partial charge < -0.3 is 4.90 Å². The van der Waals surface area contributed by atoms with Crippen molar-refractivity contribution in [1.82, 2.24) is 9.80 Å². The van der Waals surface area contributed by atoms with Crippen molar-refractivity contribution >= 4 is 5.91 Å². The lowest BCUT2D eigenvalue weighted by atomic mass is 9.94. The molecule has 2 fully saturated rings. The van der Waals surface area contributed by atoms with E-state index in [1.54, 1.807) is 0 Å². The second-order valence-corrected chi connectivity index (χ2v) is 6.42. The quantitative estimate of drug-likeness (QED) is 0.853. The number of likely N-dealkylation sites (tertiary alicyclic amines) is 2. The van der Waals surface area contributed by atoms with E-state index in [1.165, 1.54) is 24.8 Å². The lowest BCUT2D eigenvalue weighted by Crippen LogP contribution is -2.44. The fourth-order valence-electron chi connectivity index (χ4n) is 3.55. The van der Waals surface area contributed by atoms with Crippen LogP contribution in [-0.4, -0.2) is 41.9 Å². The van der Waals surface area contributed by atoms with E-state index in [-0.39, 0.29) is 5.92 Å². The molecule has 21 heavy (non-hydrogen) atoms. The average molecular weight is 286 g/mol. The zero-order valence-corrected chi connectivity index (χ0v) is 12.8. The number of hydrogen-bond donors (Lipinski definition) is 0. The van der Waals surface area contributed by atoms with Crippen LogP contribution in [0.5, 0.6) is 0 Å². The van der Waals surface area contributed by atoms with Crippen molar-refractivity contribution in [3.63, 3.8) is 0 Å². The summed E-state index contributed by atoms with van der Waals surface area (Å²) in [4.78, 5) is 17.1. The molecule has 2 aliphatic rings. The second-order valence-electron chi connectivity index (χ2n) is 6.42. The summed E-state index contributed by atoms with van der Waals surface area (Å²) >= 11 is 0. The van der Waals surface area contributed by atoms with Gasteiger partial charge in [-0.25, -0.2) is 0 Å². The van der Waals surface area contributed by atoms with Gasteiger partial charge in [0, 0.05) is 25.6 Å². The van der Waals surface area contributed by atoms with Gasteiger partial charge in [-0.15, -0.1) is 0 Å². The topological polar surface area (TPSA) is 23.6 Å². The Kier molecular flexibility index (Phi) is 4.91.